The number of nitrogens with zero attached hydrogens (tertiary/aromatic N) is 1. The topological polar surface area (TPSA) is 70.4 Å². The molecule has 0 unspecified atom stereocenters. The number of amides is 1. The average molecular weight is 430 g/mol. The number of carbonyl (C=O) groups is 1. The van der Waals surface area contributed by atoms with Crippen LogP contribution in [0.2, 0.25) is 5.02 Å². The highest BCUT2D eigenvalue weighted by Crippen LogP contribution is 2.35. The molecule has 1 amide bonds. The first kappa shape index (κ1) is 19.3. The first-order valence-corrected chi connectivity index (χ1v) is 10.1. The Hall–Kier alpha value is -3.70. The second kappa shape index (κ2) is 7.52. The fraction of sp³-hybridized carbons (Fsp3) is 0.0800. The first-order chi connectivity index (χ1) is 15.1. The van der Waals surface area contributed by atoms with E-state index in [2.05, 4.69) is 10.6 Å². The fourth-order valence-corrected chi connectivity index (χ4v) is 4.29. The lowest BCUT2D eigenvalue weighted by molar-refractivity contribution is 0.100. The van der Waals surface area contributed by atoms with Gasteiger partial charge in [-0.2, -0.15) is 0 Å². The summed E-state index contributed by atoms with van der Waals surface area (Å²) in [7, 11) is 1.59. The lowest BCUT2D eigenvalue weighted by atomic mass is 10.0. The minimum atomic E-state index is -0.472. The summed E-state index contributed by atoms with van der Waals surface area (Å²) >= 11 is 6.35. The maximum atomic E-state index is 12.1. The summed E-state index contributed by atoms with van der Waals surface area (Å²) in [5.41, 5.74) is 9.86. The number of furan rings is 1. The largest absolute Gasteiger partial charge is 0.495 e. The molecular formula is C25H18ClN2O3. The van der Waals surface area contributed by atoms with Crippen LogP contribution in [0.15, 0.2) is 71.3 Å². The van der Waals surface area contributed by atoms with Gasteiger partial charge in [0.25, 0.3) is 0 Å². The molecule has 0 atom stereocenters. The highest BCUT2D eigenvalue weighted by molar-refractivity contribution is 6.32. The number of ether oxygens (including phenoxy) is 1. The summed E-state index contributed by atoms with van der Waals surface area (Å²) in [6.45, 7) is 0.543. The number of halogens is 1. The van der Waals surface area contributed by atoms with Crippen LogP contribution in [0.1, 0.15) is 15.9 Å². The van der Waals surface area contributed by atoms with Gasteiger partial charge in [0.2, 0.25) is 5.91 Å². The van der Waals surface area contributed by atoms with Crippen LogP contribution < -0.4 is 10.5 Å². The van der Waals surface area contributed by atoms with E-state index in [4.69, 9.17) is 26.5 Å². The molecule has 2 heterocycles. The van der Waals surface area contributed by atoms with Gasteiger partial charge >= 0.3 is 0 Å². The highest BCUT2D eigenvalue weighted by Gasteiger charge is 2.18. The summed E-state index contributed by atoms with van der Waals surface area (Å²) in [5, 5.41) is 2.16. The zero-order chi connectivity index (χ0) is 21.5. The van der Waals surface area contributed by atoms with Crippen molar-refractivity contribution in [3.63, 3.8) is 0 Å². The van der Waals surface area contributed by atoms with Gasteiger partial charge in [-0.1, -0.05) is 23.7 Å². The Labute approximate surface area is 183 Å². The summed E-state index contributed by atoms with van der Waals surface area (Å²) in [5.74, 6) is 0.898. The lowest BCUT2D eigenvalue weighted by Gasteiger charge is -2.10. The van der Waals surface area contributed by atoms with E-state index in [1.807, 2.05) is 54.6 Å². The molecule has 153 valence electrons. The van der Waals surface area contributed by atoms with Crippen LogP contribution in [-0.4, -0.2) is 17.6 Å². The fourth-order valence-electron chi connectivity index (χ4n) is 4.01. The van der Waals surface area contributed by atoms with Gasteiger partial charge in [0.1, 0.15) is 11.5 Å². The van der Waals surface area contributed by atoms with Crippen molar-refractivity contribution in [1.29, 1.82) is 0 Å². The van der Waals surface area contributed by atoms with E-state index in [1.165, 1.54) is 0 Å². The van der Waals surface area contributed by atoms with Gasteiger partial charge in [0.05, 0.1) is 29.4 Å². The molecule has 0 spiro atoms. The second-order valence-corrected chi connectivity index (χ2v) is 7.65. The number of rotatable bonds is 5. The molecule has 0 aliphatic heterocycles. The predicted octanol–water partition coefficient (Wildman–Crippen LogP) is 5.66. The van der Waals surface area contributed by atoms with Crippen molar-refractivity contribution in [2.45, 2.75) is 6.54 Å². The maximum Gasteiger partial charge on any atom is 0.249 e. The lowest BCUT2D eigenvalue weighted by Crippen LogP contribution is -2.11. The van der Waals surface area contributed by atoms with Crippen molar-refractivity contribution >= 4 is 39.3 Å². The minimum Gasteiger partial charge on any atom is -0.495 e. The Morgan fingerprint density at radius 1 is 1.16 bits per heavy atom. The van der Waals surface area contributed by atoms with Crippen molar-refractivity contribution in [3.05, 3.63) is 89.1 Å². The second-order valence-electron chi connectivity index (χ2n) is 7.24. The molecule has 0 aliphatic rings. The Morgan fingerprint density at radius 3 is 2.74 bits per heavy atom. The minimum absolute atomic E-state index is 0.469. The monoisotopic (exact) mass is 429 g/mol. The molecule has 2 aromatic heterocycles. The van der Waals surface area contributed by atoms with Crippen LogP contribution in [0.4, 0.5) is 0 Å². The molecule has 0 saturated heterocycles. The molecule has 0 bridgehead atoms. The van der Waals surface area contributed by atoms with Crippen LogP contribution in [0, 0.1) is 6.07 Å². The van der Waals surface area contributed by atoms with E-state index in [0.717, 1.165) is 38.7 Å². The molecule has 2 N–H and O–H groups in total. The van der Waals surface area contributed by atoms with E-state index in [1.54, 1.807) is 19.4 Å². The highest BCUT2D eigenvalue weighted by atomic mass is 35.5. The SMILES string of the molecule is COc1ccc(Cn2c3cc(-c4ccco4)c[c]c3c3c(C(N)=O)cccc32)cc1Cl. The predicted molar refractivity (Wildman–Crippen MR) is 122 cm³/mol. The quantitative estimate of drug-likeness (QED) is 0.391. The van der Waals surface area contributed by atoms with Crippen molar-refractivity contribution in [2.75, 3.05) is 7.11 Å². The number of hydrogen-bond donors (Lipinski definition) is 1. The molecular weight excluding hydrogens is 412 g/mol. The molecule has 0 fully saturated rings. The molecule has 0 saturated carbocycles. The molecule has 0 aliphatic carbocycles. The molecule has 3 aromatic carbocycles. The van der Waals surface area contributed by atoms with Crippen LogP contribution in [0.5, 0.6) is 5.75 Å². The van der Waals surface area contributed by atoms with Crippen LogP contribution in [-0.2, 0) is 6.54 Å². The molecule has 5 rings (SSSR count). The van der Waals surface area contributed by atoms with Gasteiger partial charge in [0, 0.05) is 28.4 Å². The molecule has 1 radical (unpaired) electrons. The van der Waals surface area contributed by atoms with E-state index in [-0.39, 0.29) is 0 Å². The summed E-state index contributed by atoms with van der Waals surface area (Å²) < 4.78 is 13.0. The van der Waals surface area contributed by atoms with Gasteiger partial charge in [0.15, 0.2) is 0 Å². The first-order valence-electron chi connectivity index (χ1n) is 9.69. The molecule has 5 aromatic rings. The van der Waals surface area contributed by atoms with E-state index < -0.39 is 5.91 Å². The van der Waals surface area contributed by atoms with Crippen LogP contribution in [0.25, 0.3) is 33.1 Å². The van der Waals surface area contributed by atoms with Crippen molar-refractivity contribution in [3.8, 4) is 17.1 Å². The number of methoxy groups -OCH3 is 1. The van der Waals surface area contributed by atoms with Gasteiger partial charge in [-0.25, -0.2) is 0 Å². The van der Waals surface area contributed by atoms with Gasteiger partial charge in [-0.05, 0) is 60.2 Å². The standard InChI is InChI=1S/C25H18ClN2O3/c1-30-23-10-7-15(12-19(23)26)14-28-20-5-2-4-18(25(27)29)24(20)17-9-8-16(13-21(17)28)22-6-3-11-31-22/h2-8,10-13H,14H2,1H3,(H2,27,29). The van der Waals surface area contributed by atoms with Crippen molar-refractivity contribution in [1.82, 2.24) is 4.57 Å². The Bertz CT molecular complexity index is 1430. The number of benzene rings is 3. The Balaban J connectivity index is 1.77. The Morgan fingerprint density at radius 2 is 2.03 bits per heavy atom. The number of nitrogens with two attached hydrogens (primary N) is 1. The summed E-state index contributed by atoms with van der Waals surface area (Å²) in [4.78, 5) is 12.1. The number of primary amides is 1. The Kier molecular flexibility index (Phi) is 4.68. The summed E-state index contributed by atoms with van der Waals surface area (Å²) in [6, 6.07) is 22.3. The van der Waals surface area contributed by atoms with Gasteiger partial charge in [-0.15, -0.1) is 0 Å². The van der Waals surface area contributed by atoms with Gasteiger partial charge in [-0.3, -0.25) is 4.79 Å². The number of aromatic nitrogens is 1. The van der Waals surface area contributed by atoms with Crippen LogP contribution >= 0.6 is 11.6 Å². The third kappa shape index (κ3) is 3.23. The number of hydrogen-bond acceptors (Lipinski definition) is 3. The third-order valence-electron chi connectivity index (χ3n) is 5.42. The average Bonchev–Trinajstić information content (AvgIpc) is 3.41. The van der Waals surface area contributed by atoms with Crippen molar-refractivity contribution < 1.29 is 13.9 Å². The zero-order valence-corrected chi connectivity index (χ0v) is 17.4. The smallest absolute Gasteiger partial charge is 0.249 e. The van der Waals surface area contributed by atoms with Crippen LogP contribution in [0.3, 0.4) is 0 Å². The maximum absolute atomic E-state index is 12.1. The normalized spacial score (nSPS) is 11.3. The van der Waals surface area contributed by atoms with Gasteiger partial charge < -0.3 is 19.5 Å². The van der Waals surface area contributed by atoms with E-state index in [0.29, 0.717) is 22.9 Å². The molecule has 6 heteroatoms. The third-order valence-corrected chi connectivity index (χ3v) is 5.72. The number of carbonyl (C=O) groups excluding carboxylic acids is 1. The zero-order valence-electron chi connectivity index (χ0n) is 16.7. The van der Waals surface area contributed by atoms with E-state index >= 15 is 0 Å². The van der Waals surface area contributed by atoms with E-state index in [9.17, 15) is 4.79 Å². The number of fused-ring (bicyclic) bond motifs is 3. The molecule has 31 heavy (non-hydrogen) atoms. The molecule has 5 nitrogen and oxygen atoms in total. The van der Waals surface area contributed by atoms with Crippen molar-refractivity contribution in [2.24, 2.45) is 5.73 Å². The summed E-state index contributed by atoms with van der Waals surface area (Å²) in [6.07, 6.45) is 1.64.